The Morgan fingerprint density at radius 1 is 1.03 bits per heavy atom. The Morgan fingerprint density at radius 2 is 1.83 bits per heavy atom. The van der Waals surface area contributed by atoms with Gasteiger partial charge in [0.15, 0.2) is 16.1 Å². The number of rotatable bonds is 8. The number of nitrogens with one attached hydrogen (secondary N) is 1. The maximum absolute atomic E-state index is 4.69. The van der Waals surface area contributed by atoms with Crippen LogP contribution in [0.25, 0.3) is 11.3 Å². The van der Waals surface area contributed by atoms with Gasteiger partial charge in [0, 0.05) is 23.2 Å². The number of benzene rings is 2. The first-order chi connectivity index (χ1) is 14.2. The molecule has 4 rings (SSSR count). The molecule has 0 saturated carbocycles. The van der Waals surface area contributed by atoms with E-state index in [2.05, 4.69) is 80.7 Å². The Morgan fingerprint density at radius 3 is 2.59 bits per heavy atom. The number of aromatic nitrogens is 4. The second-order valence-electron chi connectivity index (χ2n) is 6.67. The van der Waals surface area contributed by atoms with Gasteiger partial charge in [-0.05, 0) is 19.4 Å². The molecule has 0 atom stereocenters. The third kappa shape index (κ3) is 4.86. The molecule has 7 heteroatoms. The van der Waals surface area contributed by atoms with Crippen molar-refractivity contribution in [1.82, 2.24) is 19.7 Å². The van der Waals surface area contributed by atoms with Gasteiger partial charge in [-0.1, -0.05) is 71.9 Å². The maximum atomic E-state index is 4.69. The summed E-state index contributed by atoms with van der Waals surface area (Å²) in [5.74, 6) is 1.81. The molecule has 0 spiro atoms. The van der Waals surface area contributed by atoms with Crippen LogP contribution in [0.5, 0.6) is 0 Å². The van der Waals surface area contributed by atoms with Crippen molar-refractivity contribution < 1.29 is 0 Å². The largest absolute Gasteiger partial charge is 0.354 e. The van der Waals surface area contributed by atoms with Gasteiger partial charge in [-0.2, -0.15) is 0 Å². The zero-order chi connectivity index (χ0) is 20.1. The van der Waals surface area contributed by atoms with E-state index >= 15 is 0 Å². The van der Waals surface area contributed by atoms with Crippen LogP contribution in [0, 0.1) is 6.92 Å². The molecule has 0 amide bonds. The summed E-state index contributed by atoms with van der Waals surface area (Å²) in [6.45, 7) is 5.68. The van der Waals surface area contributed by atoms with Crippen LogP contribution < -0.4 is 5.32 Å². The second kappa shape index (κ2) is 9.24. The number of aryl methyl sites for hydroxylation is 1. The van der Waals surface area contributed by atoms with Crippen LogP contribution in [0.4, 0.5) is 5.13 Å². The monoisotopic (exact) mass is 421 g/mol. The molecule has 2 aromatic heterocycles. The SMILES string of the molecule is CCn1c(CNc2nc(-c3ccccc3)cs2)nnc1SCc1ccc(C)cc1. The van der Waals surface area contributed by atoms with E-state index in [0.29, 0.717) is 6.54 Å². The summed E-state index contributed by atoms with van der Waals surface area (Å²) in [5, 5.41) is 16.1. The zero-order valence-corrected chi connectivity index (χ0v) is 18.1. The molecule has 29 heavy (non-hydrogen) atoms. The summed E-state index contributed by atoms with van der Waals surface area (Å²) >= 11 is 3.33. The summed E-state index contributed by atoms with van der Waals surface area (Å²) in [7, 11) is 0. The van der Waals surface area contributed by atoms with Crippen molar-refractivity contribution in [3.8, 4) is 11.3 Å². The summed E-state index contributed by atoms with van der Waals surface area (Å²) < 4.78 is 2.16. The molecule has 0 aliphatic rings. The number of hydrogen-bond acceptors (Lipinski definition) is 6. The molecule has 0 radical (unpaired) electrons. The predicted molar refractivity (Wildman–Crippen MR) is 121 cm³/mol. The average Bonchev–Trinajstić information content (AvgIpc) is 3.39. The molecule has 0 fully saturated rings. The normalized spacial score (nSPS) is 11.0. The summed E-state index contributed by atoms with van der Waals surface area (Å²) in [4.78, 5) is 4.69. The van der Waals surface area contributed by atoms with Gasteiger partial charge in [0.1, 0.15) is 0 Å². The van der Waals surface area contributed by atoms with E-state index in [0.717, 1.165) is 39.7 Å². The van der Waals surface area contributed by atoms with Gasteiger partial charge in [0.2, 0.25) is 0 Å². The lowest BCUT2D eigenvalue weighted by Crippen LogP contribution is -2.08. The standard InChI is InChI=1S/C22H23N5S2/c1-3-27-20(25-26-22(27)29-14-17-11-9-16(2)10-12-17)13-23-21-24-19(15-28-21)18-7-5-4-6-8-18/h4-12,15H,3,13-14H2,1-2H3,(H,23,24). The number of hydrogen-bond donors (Lipinski definition) is 1. The molecule has 148 valence electrons. The van der Waals surface area contributed by atoms with Crippen molar-refractivity contribution in [1.29, 1.82) is 0 Å². The highest BCUT2D eigenvalue weighted by Crippen LogP contribution is 2.26. The van der Waals surface area contributed by atoms with E-state index in [1.165, 1.54) is 11.1 Å². The first-order valence-electron chi connectivity index (χ1n) is 9.58. The maximum Gasteiger partial charge on any atom is 0.191 e. The highest BCUT2D eigenvalue weighted by Gasteiger charge is 2.12. The second-order valence-corrected chi connectivity index (χ2v) is 8.48. The molecule has 1 N–H and O–H groups in total. The fourth-order valence-corrected chi connectivity index (χ4v) is 4.65. The first kappa shape index (κ1) is 19.7. The zero-order valence-electron chi connectivity index (χ0n) is 16.5. The molecule has 0 aliphatic carbocycles. The number of thioether (sulfide) groups is 1. The minimum absolute atomic E-state index is 0.605. The summed E-state index contributed by atoms with van der Waals surface area (Å²) in [6, 6.07) is 18.9. The lowest BCUT2D eigenvalue weighted by molar-refractivity contribution is 0.648. The molecular weight excluding hydrogens is 398 g/mol. The van der Waals surface area contributed by atoms with Crippen LogP contribution in [0.2, 0.25) is 0 Å². The van der Waals surface area contributed by atoms with E-state index in [1.54, 1.807) is 23.1 Å². The van der Waals surface area contributed by atoms with Gasteiger partial charge in [-0.3, -0.25) is 0 Å². The molecule has 0 saturated heterocycles. The fourth-order valence-electron chi connectivity index (χ4n) is 2.96. The molecule has 0 aliphatic heterocycles. The van der Waals surface area contributed by atoms with Crippen LogP contribution in [0.1, 0.15) is 23.9 Å². The van der Waals surface area contributed by atoms with Crippen molar-refractivity contribution in [3.63, 3.8) is 0 Å². The van der Waals surface area contributed by atoms with Gasteiger partial charge >= 0.3 is 0 Å². The highest BCUT2D eigenvalue weighted by atomic mass is 32.2. The minimum Gasteiger partial charge on any atom is -0.354 e. The molecule has 0 unspecified atom stereocenters. The topological polar surface area (TPSA) is 55.6 Å². The molecule has 5 nitrogen and oxygen atoms in total. The lowest BCUT2D eigenvalue weighted by Gasteiger charge is -2.08. The summed E-state index contributed by atoms with van der Waals surface area (Å²) in [5.41, 5.74) is 4.69. The highest BCUT2D eigenvalue weighted by molar-refractivity contribution is 7.98. The van der Waals surface area contributed by atoms with Crippen molar-refractivity contribution in [3.05, 3.63) is 76.9 Å². The smallest absolute Gasteiger partial charge is 0.191 e. The van der Waals surface area contributed by atoms with Crippen LogP contribution in [-0.4, -0.2) is 19.7 Å². The third-order valence-corrected chi connectivity index (χ3v) is 6.41. The molecule has 4 aromatic rings. The van der Waals surface area contributed by atoms with Crippen LogP contribution in [0.3, 0.4) is 0 Å². The Bertz CT molecular complexity index is 1050. The average molecular weight is 422 g/mol. The van der Waals surface area contributed by atoms with E-state index in [1.807, 2.05) is 18.2 Å². The Balaban J connectivity index is 1.39. The van der Waals surface area contributed by atoms with Crippen molar-refractivity contribution in [2.45, 2.75) is 37.8 Å². The predicted octanol–water partition coefficient (Wildman–Crippen LogP) is 5.63. The summed E-state index contributed by atoms with van der Waals surface area (Å²) in [6.07, 6.45) is 0. The number of nitrogens with zero attached hydrogens (tertiary/aromatic N) is 4. The fraction of sp³-hybridized carbons (Fsp3) is 0.227. The van der Waals surface area contributed by atoms with Crippen LogP contribution >= 0.6 is 23.1 Å². The van der Waals surface area contributed by atoms with E-state index in [4.69, 9.17) is 0 Å². The van der Waals surface area contributed by atoms with E-state index in [9.17, 15) is 0 Å². The Kier molecular flexibility index (Phi) is 6.27. The Labute approximate surface area is 179 Å². The van der Waals surface area contributed by atoms with Gasteiger partial charge < -0.3 is 9.88 Å². The minimum atomic E-state index is 0.605. The van der Waals surface area contributed by atoms with Gasteiger partial charge in [-0.25, -0.2) is 4.98 Å². The Hall–Kier alpha value is -2.64. The van der Waals surface area contributed by atoms with Crippen molar-refractivity contribution >= 4 is 28.2 Å². The third-order valence-electron chi connectivity index (χ3n) is 4.57. The number of anilines is 1. The van der Waals surface area contributed by atoms with Gasteiger partial charge in [0.25, 0.3) is 0 Å². The first-order valence-corrected chi connectivity index (χ1v) is 11.4. The number of thiazole rings is 1. The van der Waals surface area contributed by atoms with Crippen molar-refractivity contribution in [2.24, 2.45) is 0 Å². The lowest BCUT2D eigenvalue weighted by atomic mass is 10.2. The van der Waals surface area contributed by atoms with Crippen LogP contribution in [0.15, 0.2) is 65.1 Å². The van der Waals surface area contributed by atoms with Crippen molar-refractivity contribution in [2.75, 3.05) is 5.32 Å². The quantitative estimate of drug-likeness (QED) is 0.373. The van der Waals surface area contributed by atoms with E-state index < -0.39 is 0 Å². The van der Waals surface area contributed by atoms with Gasteiger partial charge in [0.05, 0.1) is 12.2 Å². The van der Waals surface area contributed by atoms with E-state index in [-0.39, 0.29) is 0 Å². The molecule has 2 aromatic carbocycles. The molecule has 0 bridgehead atoms. The molecular formula is C22H23N5S2. The molecule has 2 heterocycles. The van der Waals surface area contributed by atoms with Gasteiger partial charge in [-0.15, -0.1) is 21.5 Å². The van der Waals surface area contributed by atoms with Crippen LogP contribution in [-0.2, 0) is 18.8 Å².